The molecule has 0 aromatic rings. The predicted octanol–water partition coefficient (Wildman–Crippen LogP) is 1.61. The molecule has 0 radical (unpaired) electrons. The highest BCUT2D eigenvalue weighted by molar-refractivity contribution is 5.01. The second-order valence-corrected chi connectivity index (χ2v) is 3.48. The molecular formula is C8H18N2. The van der Waals surface area contributed by atoms with Gasteiger partial charge in [-0.3, -0.25) is 0 Å². The Morgan fingerprint density at radius 2 is 1.80 bits per heavy atom. The van der Waals surface area contributed by atoms with Crippen molar-refractivity contribution in [2.24, 2.45) is 5.41 Å². The van der Waals surface area contributed by atoms with Crippen LogP contribution in [0.4, 0.5) is 0 Å². The summed E-state index contributed by atoms with van der Waals surface area (Å²) in [4.78, 5) is 0. The molecule has 0 atom stereocenters. The molecule has 0 fully saturated rings. The van der Waals surface area contributed by atoms with Crippen LogP contribution in [0, 0.1) is 5.41 Å². The number of hydrogen-bond acceptors (Lipinski definition) is 2. The highest BCUT2D eigenvalue weighted by atomic mass is 15.5. The van der Waals surface area contributed by atoms with Crippen molar-refractivity contribution in [1.82, 2.24) is 10.4 Å². The van der Waals surface area contributed by atoms with Crippen LogP contribution in [0.5, 0.6) is 0 Å². The lowest BCUT2D eigenvalue weighted by Crippen LogP contribution is -2.34. The summed E-state index contributed by atoms with van der Waals surface area (Å²) < 4.78 is 0. The molecule has 0 spiro atoms. The van der Waals surface area contributed by atoms with Crippen molar-refractivity contribution in [3.63, 3.8) is 0 Å². The van der Waals surface area contributed by atoms with Crippen LogP contribution in [0.2, 0.25) is 0 Å². The van der Waals surface area contributed by atoms with E-state index in [2.05, 4.69) is 32.8 Å². The zero-order valence-electron chi connectivity index (χ0n) is 7.65. The van der Waals surface area contributed by atoms with Crippen LogP contribution in [-0.2, 0) is 0 Å². The molecule has 2 nitrogen and oxygen atoms in total. The summed E-state index contributed by atoms with van der Waals surface area (Å²) in [7, 11) is 3.85. The molecule has 60 valence electrons. The Morgan fingerprint density at radius 1 is 1.40 bits per heavy atom. The Labute approximate surface area is 63.9 Å². The molecule has 0 aromatic heterocycles. The summed E-state index contributed by atoms with van der Waals surface area (Å²) in [6.07, 6.45) is 0. The van der Waals surface area contributed by atoms with Gasteiger partial charge in [0.25, 0.3) is 0 Å². The molecule has 0 unspecified atom stereocenters. The quantitative estimate of drug-likeness (QED) is 0.589. The fourth-order valence-electron chi connectivity index (χ4n) is 0.638. The van der Waals surface area contributed by atoms with Gasteiger partial charge in [-0.25, -0.2) is 5.43 Å². The molecular weight excluding hydrogens is 124 g/mol. The molecule has 0 aromatic carbocycles. The zero-order chi connectivity index (χ0) is 8.36. The van der Waals surface area contributed by atoms with Gasteiger partial charge in [0.05, 0.1) is 0 Å². The molecule has 2 heteroatoms. The van der Waals surface area contributed by atoms with Gasteiger partial charge in [-0.15, -0.1) is 0 Å². The smallest absolute Gasteiger partial charge is 0.0272 e. The number of nitrogens with zero attached hydrogens (tertiary/aromatic N) is 1. The Hall–Kier alpha value is -0.500. The maximum atomic E-state index is 3.96. The first-order chi connectivity index (χ1) is 4.39. The third-order valence-electron chi connectivity index (χ3n) is 1.61. The highest BCUT2D eigenvalue weighted by Crippen LogP contribution is 2.23. The minimum Gasteiger partial charge on any atom is -0.316 e. The molecule has 0 saturated carbocycles. The first-order valence-electron chi connectivity index (χ1n) is 3.50. The summed E-state index contributed by atoms with van der Waals surface area (Å²) in [6, 6.07) is 0. The standard InChI is InChI=1S/C8H18N2/c1-7(8(2,3)4)10(6)9-5/h9H,1H2,2-6H3. The van der Waals surface area contributed by atoms with Gasteiger partial charge >= 0.3 is 0 Å². The monoisotopic (exact) mass is 142 g/mol. The summed E-state index contributed by atoms with van der Waals surface area (Å²) in [5, 5.41) is 1.93. The highest BCUT2D eigenvalue weighted by Gasteiger charge is 2.17. The Morgan fingerprint density at radius 3 is 1.90 bits per heavy atom. The van der Waals surface area contributed by atoms with E-state index in [9.17, 15) is 0 Å². The van der Waals surface area contributed by atoms with E-state index in [0.717, 1.165) is 5.70 Å². The van der Waals surface area contributed by atoms with Gasteiger partial charge in [0.1, 0.15) is 0 Å². The van der Waals surface area contributed by atoms with Gasteiger partial charge in [0.15, 0.2) is 0 Å². The summed E-state index contributed by atoms with van der Waals surface area (Å²) in [5.41, 5.74) is 4.25. The van der Waals surface area contributed by atoms with Gasteiger partial charge in [0, 0.05) is 25.2 Å². The third-order valence-corrected chi connectivity index (χ3v) is 1.61. The van der Waals surface area contributed by atoms with Crippen molar-refractivity contribution in [1.29, 1.82) is 0 Å². The van der Waals surface area contributed by atoms with Gasteiger partial charge in [-0.1, -0.05) is 27.4 Å². The van der Waals surface area contributed by atoms with Crippen molar-refractivity contribution >= 4 is 0 Å². The molecule has 0 bridgehead atoms. The topological polar surface area (TPSA) is 15.3 Å². The van der Waals surface area contributed by atoms with E-state index >= 15 is 0 Å². The Balaban J connectivity index is 4.09. The SMILES string of the molecule is C=C(N(C)NC)C(C)(C)C. The molecule has 0 amide bonds. The molecule has 0 rings (SSSR count). The van der Waals surface area contributed by atoms with Gasteiger partial charge in [-0.05, 0) is 0 Å². The maximum Gasteiger partial charge on any atom is 0.0272 e. The van der Waals surface area contributed by atoms with Crippen LogP contribution in [-0.4, -0.2) is 19.1 Å². The minimum atomic E-state index is 0.151. The van der Waals surface area contributed by atoms with E-state index in [1.54, 1.807) is 0 Å². The largest absolute Gasteiger partial charge is 0.316 e. The number of hydrazine groups is 1. The summed E-state index contributed by atoms with van der Waals surface area (Å²) in [5.74, 6) is 0. The van der Waals surface area contributed by atoms with E-state index in [4.69, 9.17) is 0 Å². The predicted molar refractivity (Wildman–Crippen MR) is 45.4 cm³/mol. The number of allylic oxidation sites excluding steroid dienone is 1. The number of hydrogen-bond donors (Lipinski definition) is 1. The zero-order valence-corrected chi connectivity index (χ0v) is 7.65. The molecule has 0 aliphatic carbocycles. The second-order valence-electron chi connectivity index (χ2n) is 3.48. The van der Waals surface area contributed by atoms with Crippen molar-refractivity contribution in [2.45, 2.75) is 20.8 Å². The maximum absolute atomic E-state index is 3.96. The molecule has 1 N–H and O–H groups in total. The molecule has 0 saturated heterocycles. The first-order valence-corrected chi connectivity index (χ1v) is 3.50. The lowest BCUT2D eigenvalue weighted by Gasteiger charge is -2.30. The summed E-state index contributed by atoms with van der Waals surface area (Å²) in [6.45, 7) is 10.4. The van der Waals surface area contributed by atoms with Crippen molar-refractivity contribution in [3.8, 4) is 0 Å². The number of nitrogens with one attached hydrogen (secondary N) is 1. The Bertz CT molecular complexity index is 122. The van der Waals surface area contributed by atoms with Crippen LogP contribution in [0.25, 0.3) is 0 Å². The van der Waals surface area contributed by atoms with E-state index in [1.165, 1.54) is 0 Å². The molecule has 0 heterocycles. The van der Waals surface area contributed by atoms with Gasteiger partial charge in [-0.2, -0.15) is 0 Å². The molecule has 0 aliphatic heterocycles. The fraction of sp³-hybridized carbons (Fsp3) is 0.750. The number of rotatable bonds is 2. The normalized spacial score (nSPS) is 11.3. The van der Waals surface area contributed by atoms with Crippen molar-refractivity contribution < 1.29 is 0 Å². The third kappa shape index (κ3) is 2.40. The van der Waals surface area contributed by atoms with Crippen LogP contribution in [0.3, 0.4) is 0 Å². The van der Waals surface area contributed by atoms with Crippen molar-refractivity contribution in [3.05, 3.63) is 12.3 Å². The lowest BCUT2D eigenvalue weighted by molar-refractivity contribution is 0.258. The first kappa shape index (κ1) is 9.50. The van der Waals surface area contributed by atoms with E-state index in [-0.39, 0.29) is 5.41 Å². The van der Waals surface area contributed by atoms with E-state index < -0.39 is 0 Å². The second kappa shape index (κ2) is 3.06. The van der Waals surface area contributed by atoms with Crippen LogP contribution >= 0.6 is 0 Å². The van der Waals surface area contributed by atoms with Crippen LogP contribution < -0.4 is 5.43 Å². The van der Waals surface area contributed by atoms with Crippen LogP contribution in [0.1, 0.15) is 20.8 Å². The lowest BCUT2D eigenvalue weighted by atomic mass is 9.93. The van der Waals surface area contributed by atoms with Crippen molar-refractivity contribution in [2.75, 3.05) is 14.1 Å². The average Bonchev–Trinajstić information content (AvgIpc) is 1.83. The van der Waals surface area contributed by atoms with Gasteiger partial charge < -0.3 is 5.01 Å². The Kier molecular flexibility index (Phi) is 2.91. The van der Waals surface area contributed by atoms with Gasteiger partial charge in [0.2, 0.25) is 0 Å². The molecule has 10 heavy (non-hydrogen) atoms. The average molecular weight is 142 g/mol. The minimum absolute atomic E-state index is 0.151. The summed E-state index contributed by atoms with van der Waals surface area (Å²) >= 11 is 0. The fourth-order valence-corrected chi connectivity index (χ4v) is 0.638. The molecule has 0 aliphatic rings. The van der Waals surface area contributed by atoms with E-state index in [1.807, 2.05) is 19.1 Å². The van der Waals surface area contributed by atoms with E-state index in [0.29, 0.717) is 0 Å². The van der Waals surface area contributed by atoms with Crippen LogP contribution in [0.15, 0.2) is 12.3 Å².